The number of aromatic nitrogens is 1. The first-order chi connectivity index (χ1) is 19.9. The average Bonchev–Trinajstić information content (AvgIpc) is 3.43. The van der Waals surface area contributed by atoms with Gasteiger partial charge in [-0.3, -0.25) is 5.32 Å². The highest BCUT2D eigenvalue weighted by Crippen LogP contribution is 2.42. The Hall–Kier alpha value is -3.44. The van der Waals surface area contributed by atoms with Crippen LogP contribution in [0, 0.1) is 0 Å². The first kappa shape index (κ1) is 31.5. The quantitative estimate of drug-likeness (QED) is 0.257. The molecule has 0 aliphatic heterocycles. The van der Waals surface area contributed by atoms with E-state index in [2.05, 4.69) is 10.6 Å². The molecule has 11 heteroatoms. The third-order valence-corrected chi connectivity index (χ3v) is 10.5. The van der Waals surface area contributed by atoms with E-state index in [1.54, 1.807) is 51.2 Å². The van der Waals surface area contributed by atoms with Crippen molar-refractivity contribution in [1.82, 2.24) is 10.3 Å². The molecule has 2 N–H and O–H groups in total. The van der Waals surface area contributed by atoms with Gasteiger partial charge in [-0.15, -0.1) is 11.3 Å². The SMILES string of the molecule is CC(C)OC(=O)Nc1ccc(-c2cnc([C@H]3CC[C@H](NC(=O)OC(C)C)CC3)s2)c(S(=O)(=O)C(C)c2ccccc2)c1. The highest BCUT2D eigenvalue weighted by molar-refractivity contribution is 7.91. The minimum atomic E-state index is -3.86. The molecule has 1 aliphatic carbocycles. The summed E-state index contributed by atoms with van der Waals surface area (Å²) < 4.78 is 38.5. The van der Waals surface area contributed by atoms with Gasteiger partial charge in [-0.05, 0) is 78.0 Å². The predicted octanol–water partition coefficient (Wildman–Crippen LogP) is 7.46. The standard InChI is InChI=1S/C31H39N3O6S2/c1-19(2)39-30(35)33-24-13-11-23(12-14-24)29-32-18-27(41-29)26-16-15-25(34-31(36)40-20(3)4)17-28(26)42(37,38)21(5)22-9-7-6-8-10-22/h6-10,15-21,23-24H,11-14H2,1-5H3,(H,33,35)(H,34,36)/t21?,23-,24-. The number of thiazole rings is 1. The van der Waals surface area contributed by atoms with E-state index >= 15 is 0 Å². The maximum absolute atomic E-state index is 14.0. The van der Waals surface area contributed by atoms with Crippen molar-refractivity contribution in [2.75, 3.05) is 5.32 Å². The molecule has 3 aromatic rings. The molecular weight excluding hydrogens is 574 g/mol. The summed E-state index contributed by atoms with van der Waals surface area (Å²) in [5.74, 6) is 0.220. The summed E-state index contributed by atoms with van der Waals surface area (Å²) in [4.78, 5) is 29.8. The van der Waals surface area contributed by atoms with Gasteiger partial charge >= 0.3 is 12.2 Å². The smallest absolute Gasteiger partial charge is 0.411 e. The molecule has 1 unspecified atom stereocenters. The van der Waals surface area contributed by atoms with Crippen LogP contribution in [0.3, 0.4) is 0 Å². The fourth-order valence-corrected chi connectivity index (χ4v) is 7.86. The zero-order valence-corrected chi connectivity index (χ0v) is 26.3. The van der Waals surface area contributed by atoms with E-state index in [9.17, 15) is 18.0 Å². The summed E-state index contributed by atoms with van der Waals surface area (Å²) in [6.07, 6.45) is 3.54. The summed E-state index contributed by atoms with van der Waals surface area (Å²) in [6.45, 7) is 8.79. The largest absolute Gasteiger partial charge is 0.447 e. The number of benzene rings is 2. The molecule has 4 rings (SSSR count). The first-order valence-electron chi connectivity index (χ1n) is 14.3. The van der Waals surface area contributed by atoms with Crippen molar-refractivity contribution in [2.45, 2.75) is 94.6 Å². The highest BCUT2D eigenvalue weighted by Gasteiger charge is 2.30. The Balaban J connectivity index is 1.59. The van der Waals surface area contributed by atoms with E-state index in [1.165, 1.54) is 17.4 Å². The molecule has 1 aromatic heterocycles. The number of sulfone groups is 1. The molecule has 226 valence electrons. The number of carbonyl (C=O) groups excluding carboxylic acids is 2. The molecule has 0 bridgehead atoms. The zero-order valence-electron chi connectivity index (χ0n) is 24.6. The molecule has 1 heterocycles. The van der Waals surface area contributed by atoms with Crippen molar-refractivity contribution in [3.63, 3.8) is 0 Å². The zero-order chi connectivity index (χ0) is 30.4. The molecule has 0 saturated heterocycles. The first-order valence-corrected chi connectivity index (χ1v) is 16.6. The van der Waals surface area contributed by atoms with Gasteiger partial charge in [-0.25, -0.2) is 23.0 Å². The van der Waals surface area contributed by atoms with Crippen molar-refractivity contribution >= 4 is 39.0 Å². The number of alkyl carbamates (subject to hydrolysis) is 1. The molecule has 2 amide bonds. The van der Waals surface area contributed by atoms with Crippen molar-refractivity contribution < 1.29 is 27.5 Å². The Morgan fingerprint density at radius 1 is 0.905 bits per heavy atom. The number of ether oxygens (including phenoxy) is 2. The van der Waals surface area contributed by atoms with E-state index in [-0.39, 0.29) is 35.2 Å². The fraction of sp³-hybridized carbons (Fsp3) is 0.452. The second-order valence-electron chi connectivity index (χ2n) is 11.1. The van der Waals surface area contributed by atoms with Gasteiger partial charge in [-0.1, -0.05) is 36.4 Å². The summed E-state index contributed by atoms with van der Waals surface area (Å²) in [7, 11) is -3.86. The Morgan fingerprint density at radius 3 is 2.19 bits per heavy atom. The van der Waals surface area contributed by atoms with Gasteiger partial charge < -0.3 is 14.8 Å². The van der Waals surface area contributed by atoms with Crippen LogP contribution in [-0.2, 0) is 19.3 Å². The Bertz CT molecular complexity index is 1480. The number of amides is 2. The molecule has 1 saturated carbocycles. The number of nitrogens with one attached hydrogen (secondary N) is 2. The van der Waals surface area contributed by atoms with Crippen LogP contribution in [0.4, 0.5) is 15.3 Å². The van der Waals surface area contributed by atoms with Crippen LogP contribution in [0.1, 0.15) is 82.0 Å². The Labute approximate surface area is 252 Å². The van der Waals surface area contributed by atoms with Crippen LogP contribution in [-0.4, -0.2) is 43.8 Å². The van der Waals surface area contributed by atoms with Gasteiger partial charge in [0.25, 0.3) is 0 Å². The third kappa shape index (κ3) is 7.89. The van der Waals surface area contributed by atoms with E-state index < -0.39 is 21.2 Å². The minimum absolute atomic E-state index is 0.0607. The molecule has 1 fully saturated rings. The van der Waals surface area contributed by atoms with Crippen LogP contribution in [0.25, 0.3) is 10.4 Å². The lowest BCUT2D eigenvalue weighted by atomic mass is 9.86. The summed E-state index contributed by atoms with van der Waals surface area (Å²) in [5.41, 5.74) is 1.54. The van der Waals surface area contributed by atoms with Gasteiger partial charge in [0.05, 0.1) is 32.2 Å². The number of carbonyl (C=O) groups is 2. The topological polar surface area (TPSA) is 124 Å². The number of hydrogen-bond donors (Lipinski definition) is 2. The van der Waals surface area contributed by atoms with Crippen LogP contribution >= 0.6 is 11.3 Å². The monoisotopic (exact) mass is 613 g/mol. The molecule has 2 aromatic carbocycles. The minimum Gasteiger partial charge on any atom is -0.447 e. The van der Waals surface area contributed by atoms with Crippen LogP contribution in [0.5, 0.6) is 0 Å². The van der Waals surface area contributed by atoms with E-state index in [0.717, 1.165) is 35.6 Å². The van der Waals surface area contributed by atoms with Gasteiger partial charge in [0.2, 0.25) is 0 Å². The van der Waals surface area contributed by atoms with E-state index in [1.807, 2.05) is 32.0 Å². The number of anilines is 1. The highest BCUT2D eigenvalue weighted by atomic mass is 32.2. The van der Waals surface area contributed by atoms with Gasteiger partial charge in [0, 0.05) is 29.4 Å². The molecular formula is C31H39N3O6S2. The van der Waals surface area contributed by atoms with Crippen molar-refractivity contribution in [2.24, 2.45) is 0 Å². The van der Waals surface area contributed by atoms with E-state index in [0.29, 0.717) is 16.8 Å². The number of hydrogen-bond acceptors (Lipinski definition) is 8. The van der Waals surface area contributed by atoms with Gasteiger partial charge in [0.15, 0.2) is 9.84 Å². The lowest BCUT2D eigenvalue weighted by Gasteiger charge is -2.28. The Kier molecular flexibility index (Phi) is 10.3. The molecule has 42 heavy (non-hydrogen) atoms. The molecule has 1 aliphatic rings. The molecule has 0 spiro atoms. The summed E-state index contributed by atoms with van der Waals surface area (Å²) in [5, 5.41) is 5.73. The number of nitrogens with zero attached hydrogens (tertiary/aromatic N) is 1. The third-order valence-electron chi connectivity index (χ3n) is 7.14. The maximum atomic E-state index is 14.0. The second-order valence-corrected chi connectivity index (χ2v) is 14.4. The second kappa shape index (κ2) is 13.7. The predicted molar refractivity (Wildman–Crippen MR) is 165 cm³/mol. The normalized spacial score (nSPS) is 18.0. The van der Waals surface area contributed by atoms with Gasteiger partial charge in [0.1, 0.15) is 0 Å². The van der Waals surface area contributed by atoms with E-state index in [4.69, 9.17) is 14.5 Å². The van der Waals surface area contributed by atoms with Crippen molar-refractivity contribution in [3.05, 3.63) is 65.3 Å². The lowest BCUT2D eigenvalue weighted by Crippen LogP contribution is -2.38. The average molecular weight is 614 g/mol. The molecule has 1 atom stereocenters. The van der Waals surface area contributed by atoms with Crippen molar-refractivity contribution in [3.8, 4) is 10.4 Å². The molecule has 9 nitrogen and oxygen atoms in total. The van der Waals surface area contributed by atoms with Gasteiger partial charge in [-0.2, -0.15) is 0 Å². The van der Waals surface area contributed by atoms with Crippen LogP contribution < -0.4 is 10.6 Å². The summed E-state index contributed by atoms with van der Waals surface area (Å²) in [6, 6.07) is 14.0. The van der Waals surface area contributed by atoms with Crippen LogP contribution in [0.15, 0.2) is 59.6 Å². The van der Waals surface area contributed by atoms with Crippen molar-refractivity contribution in [1.29, 1.82) is 0 Å². The summed E-state index contributed by atoms with van der Waals surface area (Å²) >= 11 is 1.48. The Morgan fingerprint density at radius 2 is 1.55 bits per heavy atom. The lowest BCUT2D eigenvalue weighted by molar-refractivity contribution is 0.109. The fourth-order valence-electron chi connectivity index (χ4n) is 4.99. The number of rotatable bonds is 9. The maximum Gasteiger partial charge on any atom is 0.411 e. The van der Waals surface area contributed by atoms with Crippen LogP contribution in [0.2, 0.25) is 0 Å². The molecule has 0 radical (unpaired) electrons.